The van der Waals surface area contributed by atoms with E-state index in [2.05, 4.69) is 51.3 Å². The van der Waals surface area contributed by atoms with Gasteiger partial charge in [0.1, 0.15) is 0 Å². The smallest absolute Gasteiger partial charge is 0.0577 e. The van der Waals surface area contributed by atoms with Gasteiger partial charge in [0.25, 0.3) is 0 Å². The van der Waals surface area contributed by atoms with Crippen LogP contribution in [0, 0.1) is 46.3 Å². The molecule has 0 aromatic heterocycles. The van der Waals surface area contributed by atoms with Gasteiger partial charge in [0.2, 0.25) is 0 Å². The lowest BCUT2D eigenvalue weighted by Crippen LogP contribution is -2.58. The molecule has 0 amide bonds. The summed E-state index contributed by atoms with van der Waals surface area (Å²) in [6, 6.07) is 0.477. The van der Waals surface area contributed by atoms with E-state index < -0.39 is 0 Å². The van der Waals surface area contributed by atoms with Gasteiger partial charge in [0, 0.05) is 6.04 Å². The topological polar surface area (TPSA) is 70.3 Å². The third-order valence-electron chi connectivity index (χ3n) is 12.1. The normalized spacial score (nSPS) is 39.4. The number of hydrogen-bond acceptors (Lipinski definition) is 4. The molecule has 4 nitrogen and oxygen atoms in total. The average molecular weight is 530 g/mol. The number of aliphatic hydroxyl groups is 1. The average Bonchev–Trinajstić information content (AvgIpc) is 3.23. The Kier molecular flexibility index (Phi) is 10.8. The molecule has 4 heteroatoms. The molecular weight excluding hydrogens is 466 g/mol. The zero-order valence-corrected chi connectivity index (χ0v) is 25.7. The highest BCUT2D eigenvalue weighted by Gasteiger charge is 2.61. The zero-order chi connectivity index (χ0) is 27.3. The molecule has 0 heterocycles. The van der Waals surface area contributed by atoms with E-state index in [1.807, 2.05) is 0 Å². The van der Waals surface area contributed by atoms with Gasteiger partial charge in [-0.15, -0.1) is 0 Å². The fourth-order valence-electron chi connectivity index (χ4n) is 9.89. The molecule has 0 aliphatic heterocycles. The molecule has 0 bridgehead atoms. The lowest BCUT2D eigenvalue weighted by molar-refractivity contribution is -0.0675. The third-order valence-corrected chi connectivity index (χ3v) is 12.1. The predicted octanol–water partition coefficient (Wildman–Crippen LogP) is 6.68. The van der Waals surface area contributed by atoms with Crippen molar-refractivity contribution in [2.24, 2.45) is 52.1 Å². The first-order valence-electron chi connectivity index (χ1n) is 16.7. The lowest BCUT2D eigenvalue weighted by atomic mass is 9.46. The van der Waals surface area contributed by atoms with Crippen molar-refractivity contribution >= 4 is 0 Å². The summed E-state index contributed by atoms with van der Waals surface area (Å²) < 4.78 is 0. The van der Waals surface area contributed by atoms with E-state index >= 15 is 0 Å². The van der Waals surface area contributed by atoms with Crippen LogP contribution in [0.3, 0.4) is 0 Å². The summed E-state index contributed by atoms with van der Waals surface area (Å²) in [6.07, 6.45) is 18.9. The van der Waals surface area contributed by atoms with Crippen LogP contribution in [0.25, 0.3) is 0 Å². The first-order valence-corrected chi connectivity index (χ1v) is 16.7. The van der Waals surface area contributed by atoms with Crippen LogP contribution in [0.2, 0.25) is 0 Å². The van der Waals surface area contributed by atoms with Crippen molar-refractivity contribution in [3.63, 3.8) is 0 Å². The Morgan fingerprint density at radius 3 is 2.47 bits per heavy atom. The number of rotatable bonds is 14. The molecule has 4 rings (SSSR count). The highest BCUT2D eigenvalue weighted by atomic mass is 16.3. The molecule has 4 aliphatic carbocycles. The van der Waals surface area contributed by atoms with Crippen molar-refractivity contribution in [1.82, 2.24) is 10.6 Å². The Bertz CT molecular complexity index is 767. The van der Waals surface area contributed by atoms with Crippen molar-refractivity contribution < 1.29 is 5.11 Å². The van der Waals surface area contributed by atoms with Crippen LogP contribution >= 0.6 is 0 Å². The summed E-state index contributed by atoms with van der Waals surface area (Å²) in [5.41, 5.74) is 8.01. The maximum atomic E-state index is 10.6. The Morgan fingerprint density at radius 2 is 1.71 bits per heavy atom. The molecule has 3 unspecified atom stereocenters. The van der Waals surface area contributed by atoms with Gasteiger partial charge in [-0.2, -0.15) is 0 Å². The van der Waals surface area contributed by atoms with Crippen molar-refractivity contribution in [1.29, 1.82) is 0 Å². The maximum absolute atomic E-state index is 10.6. The van der Waals surface area contributed by atoms with Crippen LogP contribution in [-0.2, 0) is 0 Å². The number of nitrogens with one attached hydrogen (secondary N) is 2. The van der Waals surface area contributed by atoms with Gasteiger partial charge in [-0.05, 0) is 137 Å². The Balaban J connectivity index is 1.47. The molecule has 0 aromatic rings. The van der Waals surface area contributed by atoms with Crippen LogP contribution in [0.4, 0.5) is 0 Å². The van der Waals surface area contributed by atoms with Crippen molar-refractivity contribution in [2.75, 3.05) is 26.2 Å². The second-order valence-corrected chi connectivity index (χ2v) is 14.9. The highest BCUT2D eigenvalue weighted by Crippen LogP contribution is 2.67. The predicted molar refractivity (Wildman–Crippen MR) is 162 cm³/mol. The quantitative estimate of drug-likeness (QED) is 0.150. The highest BCUT2D eigenvalue weighted by molar-refractivity contribution is 5.29. The summed E-state index contributed by atoms with van der Waals surface area (Å²) in [7, 11) is 0. The van der Waals surface area contributed by atoms with E-state index in [0.717, 1.165) is 80.9 Å². The lowest BCUT2D eigenvalue weighted by Gasteiger charge is -2.60. The summed E-state index contributed by atoms with van der Waals surface area (Å²) in [4.78, 5) is 0. The minimum absolute atomic E-state index is 0.138. The summed E-state index contributed by atoms with van der Waals surface area (Å²) in [6.45, 7) is 16.7. The van der Waals surface area contributed by atoms with E-state index in [4.69, 9.17) is 5.73 Å². The van der Waals surface area contributed by atoms with Crippen molar-refractivity contribution in [3.8, 4) is 0 Å². The van der Waals surface area contributed by atoms with Gasteiger partial charge in [0.15, 0.2) is 0 Å². The first-order chi connectivity index (χ1) is 18.2. The molecule has 0 spiro atoms. The number of hydrogen-bond donors (Lipinski definition) is 4. The maximum Gasteiger partial charge on any atom is 0.0577 e. The van der Waals surface area contributed by atoms with Crippen molar-refractivity contribution in [2.45, 2.75) is 130 Å². The van der Waals surface area contributed by atoms with Crippen LogP contribution < -0.4 is 16.4 Å². The Hall–Kier alpha value is -0.420. The fourth-order valence-corrected chi connectivity index (χ4v) is 9.89. The Labute approximate surface area is 235 Å². The van der Waals surface area contributed by atoms with Gasteiger partial charge in [-0.1, -0.05) is 65.5 Å². The number of nitrogens with two attached hydrogens (primary N) is 1. The van der Waals surface area contributed by atoms with Crippen LogP contribution in [0.1, 0.15) is 118 Å². The monoisotopic (exact) mass is 529 g/mol. The van der Waals surface area contributed by atoms with E-state index in [0.29, 0.717) is 16.9 Å². The largest absolute Gasteiger partial charge is 0.393 e. The third kappa shape index (κ3) is 6.55. The van der Waals surface area contributed by atoms with Crippen LogP contribution in [-0.4, -0.2) is 43.4 Å². The van der Waals surface area contributed by atoms with E-state index in [1.165, 1.54) is 64.2 Å². The standard InChI is InChI=1S/C34H63N3O/c1-24(2)10-8-11-25(3)28-12-13-29-32-30(15-17-34(28,29)5)33(4)16-14-27(38)22-26(33)23-31(32)37-21-9-20-36-19-7-6-18-35/h23-25,27-32,36-38H,6-22,35H2,1-5H3/t25-,27+,28-,29?,30?,31+,32?,33+,34-/m1/s1. The molecule has 0 aromatic carbocycles. The molecule has 5 N–H and O–H groups in total. The Morgan fingerprint density at radius 1 is 0.921 bits per heavy atom. The molecular formula is C34H63N3O. The SMILES string of the molecule is CC(C)CCC[C@@H](C)[C@H]1CCC2C3C(CC[C@@]21C)[C@@]1(C)CC[C@H](O)CC1=C[C@@H]3NCCCNCCCCN. The molecule has 0 radical (unpaired) electrons. The summed E-state index contributed by atoms with van der Waals surface area (Å²) >= 11 is 0. The molecule has 9 atom stereocenters. The molecule has 3 fully saturated rings. The van der Waals surface area contributed by atoms with Gasteiger partial charge in [0.05, 0.1) is 6.10 Å². The number of aliphatic hydroxyl groups excluding tert-OH is 1. The molecule has 38 heavy (non-hydrogen) atoms. The van der Waals surface area contributed by atoms with Gasteiger partial charge >= 0.3 is 0 Å². The molecule has 4 aliphatic rings. The molecule has 220 valence electrons. The molecule has 3 saturated carbocycles. The van der Waals surface area contributed by atoms with Crippen molar-refractivity contribution in [3.05, 3.63) is 11.6 Å². The number of unbranched alkanes of at least 4 members (excludes halogenated alkanes) is 1. The van der Waals surface area contributed by atoms with Gasteiger partial charge < -0.3 is 21.5 Å². The molecule has 0 saturated heterocycles. The fraction of sp³-hybridized carbons (Fsp3) is 0.941. The van der Waals surface area contributed by atoms with E-state index in [1.54, 1.807) is 5.57 Å². The summed E-state index contributed by atoms with van der Waals surface area (Å²) in [5.74, 6) is 4.94. The second kappa shape index (κ2) is 13.5. The van der Waals surface area contributed by atoms with E-state index in [9.17, 15) is 5.11 Å². The van der Waals surface area contributed by atoms with Crippen LogP contribution in [0.15, 0.2) is 11.6 Å². The minimum atomic E-state index is -0.138. The van der Waals surface area contributed by atoms with Crippen LogP contribution in [0.5, 0.6) is 0 Å². The minimum Gasteiger partial charge on any atom is -0.393 e. The second-order valence-electron chi connectivity index (χ2n) is 14.9. The van der Waals surface area contributed by atoms with Gasteiger partial charge in [-0.3, -0.25) is 0 Å². The first kappa shape index (κ1) is 30.5. The van der Waals surface area contributed by atoms with E-state index in [-0.39, 0.29) is 6.10 Å². The zero-order valence-electron chi connectivity index (χ0n) is 25.7. The summed E-state index contributed by atoms with van der Waals surface area (Å²) in [5, 5.41) is 18.3. The van der Waals surface area contributed by atoms with Gasteiger partial charge in [-0.25, -0.2) is 0 Å². The number of fused-ring (bicyclic) bond motifs is 5.